The molecule has 114 valence electrons. The number of anilines is 1. The Hall–Kier alpha value is -1.50. The van der Waals surface area contributed by atoms with Crippen molar-refractivity contribution in [2.75, 3.05) is 5.32 Å². The first-order valence-corrected chi connectivity index (χ1v) is 7.39. The first-order chi connectivity index (χ1) is 9.97. The molecule has 0 aliphatic heterocycles. The van der Waals surface area contributed by atoms with Crippen molar-refractivity contribution in [1.29, 1.82) is 0 Å². The van der Waals surface area contributed by atoms with Gasteiger partial charge in [-0.15, -0.1) is 0 Å². The average molecular weight is 362 g/mol. The summed E-state index contributed by atoms with van der Waals surface area (Å²) >= 11 is 3.49. The van der Waals surface area contributed by atoms with Gasteiger partial charge in [-0.05, 0) is 29.3 Å². The van der Waals surface area contributed by atoms with Crippen molar-refractivity contribution in [3.63, 3.8) is 0 Å². The van der Waals surface area contributed by atoms with Crippen molar-refractivity contribution in [2.45, 2.75) is 33.4 Å². The first-order valence-electron chi connectivity index (χ1n) is 6.60. The molecule has 0 fully saturated rings. The zero-order chi connectivity index (χ0) is 15.6. The predicted molar refractivity (Wildman–Crippen MR) is 78.6 cm³/mol. The molecule has 1 heterocycles. The fourth-order valence-corrected chi connectivity index (χ4v) is 2.73. The summed E-state index contributed by atoms with van der Waals surface area (Å²) in [5.74, 6) is -3.89. The van der Waals surface area contributed by atoms with Crippen LogP contribution in [0, 0.1) is 17.5 Å². The quantitative estimate of drug-likeness (QED) is 0.806. The van der Waals surface area contributed by atoms with Crippen molar-refractivity contribution in [2.24, 2.45) is 0 Å². The lowest BCUT2D eigenvalue weighted by molar-refractivity contribution is 0.447. The van der Waals surface area contributed by atoms with Gasteiger partial charge in [0.1, 0.15) is 0 Å². The lowest BCUT2D eigenvalue weighted by Crippen LogP contribution is -2.09. The Morgan fingerprint density at radius 3 is 2.33 bits per heavy atom. The molecule has 0 bridgehead atoms. The summed E-state index contributed by atoms with van der Waals surface area (Å²) in [7, 11) is 0. The van der Waals surface area contributed by atoms with Gasteiger partial charge in [0, 0.05) is 24.4 Å². The van der Waals surface area contributed by atoms with Gasteiger partial charge < -0.3 is 5.32 Å². The second-order valence-corrected chi connectivity index (χ2v) is 5.28. The van der Waals surface area contributed by atoms with E-state index in [1.165, 1.54) is 0 Å². The van der Waals surface area contributed by atoms with E-state index in [2.05, 4.69) is 26.3 Å². The monoisotopic (exact) mass is 361 g/mol. The summed E-state index contributed by atoms with van der Waals surface area (Å²) in [4.78, 5) is 0. The fourth-order valence-electron chi connectivity index (χ4n) is 2.03. The summed E-state index contributed by atoms with van der Waals surface area (Å²) in [5, 5.41) is 7.32. The molecule has 2 rings (SSSR count). The van der Waals surface area contributed by atoms with E-state index in [4.69, 9.17) is 0 Å². The topological polar surface area (TPSA) is 29.9 Å². The number of nitrogens with zero attached hydrogens (tertiary/aromatic N) is 2. The highest BCUT2D eigenvalue weighted by Gasteiger charge is 2.15. The summed E-state index contributed by atoms with van der Waals surface area (Å²) in [6, 6.07) is 1.86. The smallest absolute Gasteiger partial charge is 0.194 e. The zero-order valence-corrected chi connectivity index (χ0v) is 13.3. The van der Waals surface area contributed by atoms with E-state index in [0.717, 1.165) is 34.4 Å². The van der Waals surface area contributed by atoms with E-state index in [-0.39, 0.29) is 5.69 Å². The first kappa shape index (κ1) is 15.9. The van der Waals surface area contributed by atoms with Crippen molar-refractivity contribution in [1.82, 2.24) is 9.78 Å². The van der Waals surface area contributed by atoms with Gasteiger partial charge in [0.15, 0.2) is 17.5 Å². The maximum Gasteiger partial charge on any atom is 0.194 e. The van der Waals surface area contributed by atoms with Gasteiger partial charge in [-0.2, -0.15) is 5.10 Å². The second kappa shape index (κ2) is 6.51. The molecular weight excluding hydrogens is 347 g/mol. The summed E-state index contributed by atoms with van der Waals surface area (Å²) in [6.07, 6.45) is 0.778. The summed E-state index contributed by atoms with van der Waals surface area (Å²) in [5.41, 5.74) is 1.98. The van der Waals surface area contributed by atoms with Crippen LogP contribution in [0.25, 0.3) is 0 Å². The van der Waals surface area contributed by atoms with Crippen molar-refractivity contribution >= 4 is 21.6 Å². The molecule has 0 aliphatic carbocycles. The van der Waals surface area contributed by atoms with Crippen molar-refractivity contribution in [3.05, 3.63) is 45.4 Å². The van der Waals surface area contributed by atoms with Crippen LogP contribution in [0.1, 0.15) is 25.2 Å². The molecule has 0 radical (unpaired) electrons. The predicted octanol–water partition coefficient (Wildman–Crippen LogP) is 4.26. The molecule has 3 nitrogen and oxygen atoms in total. The van der Waals surface area contributed by atoms with Crippen LogP contribution in [0.3, 0.4) is 0 Å². The highest BCUT2D eigenvalue weighted by Crippen LogP contribution is 2.24. The Labute approximate surface area is 129 Å². The van der Waals surface area contributed by atoms with Gasteiger partial charge in [-0.3, -0.25) is 4.68 Å². The third-order valence-corrected chi connectivity index (χ3v) is 4.05. The van der Waals surface area contributed by atoms with E-state index < -0.39 is 17.5 Å². The molecule has 2 aromatic rings. The normalized spacial score (nSPS) is 11.0. The molecule has 0 unspecified atom stereocenters. The Morgan fingerprint density at radius 2 is 1.81 bits per heavy atom. The number of hydrogen-bond acceptors (Lipinski definition) is 2. The molecule has 0 atom stereocenters. The van der Waals surface area contributed by atoms with Crippen LogP contribution in [0.2, 0.25) is 0 Å². The molecule has 21 heavy (non-hydrogen) atoms. The average Bonchev–Trinajstić information content (AvgIpc) is 2.78. The van der Waals surface area contributed by atoms with Crippen LogP contribution < -0.4 is 5.32 Å². The molecule has 1 aromatic carbocycles. The minimum Gasteiger partial charge on any atom is -0.379 e. The molecule has 1 aromatic heterocycles. The van der Waals surface area contributed by atoms with E-state index in [0.29, 0.717) is 13.1 Å². The van der Waals surface area contributed by atoms with Crippen molar-refractivity contribution < 1.29 is 13.2 Å². The van der Waals surface area contributed by atoms with Crippen LogP contribution in [0.4, 0.5) is 18.9 Å². The fraction of sp³-hybridized carbons (Fsp3) is 0.357. The number of aryl methyl sites for hydroxylation is 2. The Morgan fingerprint density at radius 1 is 1.19 bits per heavy atom. The van der Waals surface area contributed by atoms with Gasteiger partial charge in [-0.25, -0.2) is 13.2 Å². The third kappa shape index (κ3) is 3.23. The van der Waals surface area contributed by atoms with E-state index in [1.807, 2.05) is 18.5 Å². The Bertz CT molecular complexity index is 632. The largest absolute Gasteiger partial charge is 0.379 e. The number of rotatable bonds is 5. The third-order valence-electron chi connectivity index (χ3n) is 3.14. The Kier molecular flexibility index (Phi) is 4.92. The van der Waals surface area contributed by atoms with E-state index in [1.54, 1.807) is 0 Å². The van der Waals surface area contributed by atoms with Gasteiger partial charge in [0.05, 0.1) is 22.4 Å². The molecule has 0 aliphatic rings. The minimum absolute atomic E-state index is 0.181. The molecular formula is C14H15BrF3N3. The number of hydrogen-bond donors (Lipinski definition) is 1. The zero-order valence-electron chi connectivity index (χ0n) is 11.7. The molecule has 0 saturated heterocycles. The Balaban J connectivity index is 2.22. The van der Waals surface area contributed by atoms with E-state index in [9.17, 15) is 13.2 Å². The van der Waals surface area contributed by atoms with Gasteiger partial charge in [0.25, 0.3) is 0 Å². The molecule has 0 amide bonds. The maximum absolute atomic E-state index is 13.2. The molecule has 1 N–H and O–H groups in total. The lowest BCUT2D eigenvalue weighted by Gasteiger charge is -2.09. The van der Waals surface area contributed by atoms with Gasteiger partial charge >= 0.3 is 0 Å². The summed E-state index contributed by atoms with van der Waals surface area (Å²) < 4.78 is 41.9. The van der Waals surface area contributed by atoms with Crippen LogP contribution >= 0.6 is 15.9 Å². The molecule has 0 spiro atoms. The number of nitrogens with one attached hydrogen (secondary N) is 1. The van der Waals surface area contributed by atoms with E-state index >= 15 is 0 Å². The number of benzene rings is 1. The molecule has 7 heteroatoms. The van der Waals surface area contributed by atoms with Crippen LogP contribution in [0.5, 0.6) is 0 Å². The highest BCUT2D eigenvalue weighted by atomic mass is 79.9. The second-order valence-electron chi connectivity index (χ2n) is 4.48. The minimum atomic E-state index is -1.46. The van der Waals surface area contributed by atoms with Crippen molar-refractivity contribution in [3.8, 4) is 0 Å². The van der Waals surface area contributed by atoms with Crippen LogP contribution in [-0.4, -0.2) is 9.78 Å². The van der Waals surface area contributed by atoms with Gasteiger partial charge in [-0.1, -0.05) is 6.92 Å². The van der Waals surface area contributed by atoms with Crippen LogP contribution in [-0.2, 0) is 19.5 Å². The SMILES string of the molecule is CCc1nn(CC)c(CNc2cc(F)c(F)c(F)c2)c1Br. The maximum atomic E-state index is 13.2. The summed E-state index contributed by atoms with van der Waals surface area (Å²) in [6.45, 7) is 4.96. The number of halogens is 4. The van der Waals surface area contributed by atoms with Gasteiger partial charge in [0.2, 0.25) is 0 Å². The lowest BCUT2D eigenvalue weighted by atomic mass is 10.2. The highest BCUT2D eigenvalue weighted by molar-refractivity contribution is 9.10. The van der Waals surface area contributed by atoms with Crippen LogP contribution in [0.15, 0.2) is 16.6 Å². The number of aromatic nitrogens is 2. The molecule has 0 saturated carbocycles. The standard InChI is InChI=1S/C14H15BrF3N3/c1-3-11-13(15)12(21(4-2)20-11)7-19-8-5-9(16)14(18)10(17)6-8/h5-6,19H,3-4,7H2,1-2H3.